The van der Waals surface area contributed by atoms with Crippen LogP contribution in [0, 0.1) is 21.4 Å². The molecule has 0 amide bonds. The Morgan fingerprint density at radius 3 is 2.74 bits per heavy atom. The summed E-state index contributed by atoms with van der Waals surface area (Å²) in [5.41, 5.74) is 1.54. The monoisotopic (exact) mass is 261 g/mol. The molecule has 1 saturated heterocycles. The van der Waals surface area contributed by atoms with Gasteiger partial charge in [0.25, 0.3) is 5.69 Å². The van der Waals surface area contributed by atoms with Gasteiger partial charge in [-0.05, 0) is 24.5 Å². The highest BCUT2D eigenvalue weighted by Crippen LogP contribution is 2.28. The lowest BCUT2D eigenvalue weighted by atomic mass is 10.0. The lowest BCUT2D eigenvalue weighted by Gasteiger charge is -2.32. The minimum Gasteiger partial charge on any atom is -0.393 e. The molecule has 0 spiro atoms. The van der Waals surface area contributed by atoms with Gasteiger partial charge in [-0.25, -0.2) is 0 Å². The number of aliphatic hydroxyl groups excluding tert-OH is 1. The van der Waals surface area contributed by atoms with Gasteiger partial charge < -0.3 is 10.0 Å². The van der Waals surface area contributed by atoms with E-state index in [4.69, 9.17) is 5.26 Å². The summed E-state index contributed by atoms with van der Waals surface area (Å²) in [6.07, 6.45) is 1.25. The molecule has 100 valence electrons. The van der Waals surface area contributed by atoms with Crippen molar-refractivity contribution in [3.8, 4) is 6.07 Å². The van der Waals surface area contributed by atoms with Crippen molar-refractivity contribution < 1.29 is 10.0 Å². The molecule has 0 unspecified atom stereocenters. The number of rotatable bonds is 3. The van der Waals surface area contributed by atoms with Crippen molar-refractivity contribution in [1.82, 2.24) is 0 Å². The minimum atomic E-state index is -0.454. The number of hydrogen-bond acceptors (Lipinski definition) is 5. The van der Waals surface area contributed by atoms with E-state index < -0.39 is 4.92 Å². The van der Waals surface area contributed by atoms with Gasteiger partial charge in [-0.2, -0.15) is 5.26 Å². The summed E-state index contributed by atoms with van der Waals surface area (Å²) in [7, 11) is 0. The Bertz CT molecular complexity index is 516. The zero-order valence-electron chi connectivity index (χ0n) is 10.5. The summed E-state index contributed by atoms with van der Waals surface area (Å²) in [6.45, 7) is 1.41. The summed E-state index contributed by atoms with van der Waals surface area (Å²) in [5.74, 6) is 0. The molecule has 6 heteroatoms. The fourth-order valence-corrected chi connectivity index (χ4v) is 2.33. The highest BCUT2D eigenvalue weighted by Gasteiger charge is 2.20. The van der Waals surface area contributed by atoms with Crippen molar-refractivity contribution in [3.63, 3.8) is 0 Å². The number of nitrogens with zero attached hydrogens (tertiary/aromatic N) is 3. The molecule has 0 bridgehead atoms. The van der Waals surface area contributed by atoms with Gasteiger partial charge in [-0.3, -0.25) is 10.1 Å². The predicted molar refractivity (Wildman–Crippen MR) is 69.9 cm³/mol. The first kappa shape index (κ1) is 13.3. The Morgan fingerprint density at radius 2 is 2.16 bits per heavy atom. The number of nitro groups is 1. The normalized spacial score (nSPS) is 16.1. The van der Waals surface area contributed by atoms with Crippen LogP contribution >= 0.6 is 0 Å². The Kier molecular flexibility index (Phi) is 3.97. The third-order valence-corrected chi connectivity index (χ3v) is 3.35. The molecule has 0 atom stereocenters. The van der Waals surface area contributed by atoms with Gasteiger partial charge in [-0.15, -0.1) is 0 Å². The van der Waals surface area contributed by atoms with E-state index in [1.807, 2.05) is 6.07 Å². The van der Waals surface area contributed by atoms with Crippen molar-refractivity contribution in [3.05, 3.63) is 33.9 Å². The summed E-state index contributed by atoms with van der Waals surface area (Å²) in [4.78, 5) is 12.4. The molecule has 0 saturated carbocycles. The Hall–Kier alpha value is -2.13. The number of hydrogen-bond donors (Lipinski definition) is 1. The molecule has 1 heterocycles. The molecule has 19 heavy (non-hydrogen) atoms. The topological polar surface area (TPSA) is 90.4 Å². The molecule has 1 aliphatic rings. The molecule has 0 aliphatic carbocycles. The Morgan fingerprint density at radius 1 is 1.47 bits per heavy atom. The van der Waals surface area contributed by atoms with Gasteiger partial charge in [0.1, 0.15) is 0 Å². The molecule has 1 N–H and O–H groups in total. The lowest BCUT2D eigenvalue weighted by molar-refractivity contribution is -0.384. The number of nitro benzene ring substituents is 1. The van der Waals surface area contributed by atoms with Crippen LogP contribution < -0.4 is 4.90 Å². The van der Waals surface area contributed by atoms with Crippen LogP contribution in [0.4, 0.5) is 11.4 Å². The maximum absolute atomic E-state index is 10.8. The van der Waals surface area contributed by atoms with Crippen LogP contribution in [-0.4, -0.2) is 29.2 Å². The number of benzene rings is 1. The van der Waals surface area contributed by atoms with E-state index in [0.717, 1.165) is 5.69 Å². The second-order valence-corrected chi connectivity index (χ2v) is 4.62. The van der Waals surface area contributed by atoms with Crippen molar-refractivity contribution >= 4 is 11.4 Å². The van der Waals surface area contributed by atoms with Gasteiger partial charge in [0.05, 0.1) is 23.5 Å². The van der Waals surface area contributed by atoms with Crippen LogP contribution in [0.25, 0.3) is 0 Å². The van der Waals surface area contributed by atoms with Crippen molar-refractivity contribution in [2.24, 2.45) is 0 Å². The number of aliphatic hydroxyl groups is 1. The second-order valence-electron chi connectivity index (χ2n) is 4.62. The number of anilines is 1. The lowest BCUT2D eigenvalue weighted by Crippen LogP contribution is -2.36. The predicted octanol–water partition coefficient (Wildman–Crippen LogP) is 1.62. The smallest absolute Gasteiger partial charge is 0.269 e. The SMILES string of the molecule is N#CCc1cc([N+](=O)[O-])ccc1N1CCC(O)CC1. The zero-order valence-corrected chi connectivity index (χ0v) is 10.5. The highest BCUT2D eigenvalue weighted by molar-refractivity contribution is 5.59. The first-order valence-electron chi connectivity index (χ1n) is 6.19. The molecule has 1 aromatic carbocycles. The van der Waals surface area contributed by atoms with Crippen molar-refractivity contribution in [2.75, 3.05) is 18.0 Å². The number of piperidine rings is 1. The average molecular weight is 261 g/mol. The van der Waals surface area contributed by atoms with Crippen LogP contribution in [0.3, 0.4) is 0 Å². The van der Waals surface area contributed by atoms with E-state index in [1.165, 1.54) is 12.1 Å². The Labute approximate surface area is 111 Å². The van der Waals surface area contributed by atoms with Gasteiger partial charge in [0.2, 0.25) is 0 Å². The van der Waals surface area contributed by atoms with Gasteiger partial charge >= 0.3 is 0 Å². The average Bonchev–Trinajstić information content (AvgIpc) is 2.40. The van der Waals surface area contributed by atoms with Crippen LogP contribution in [0.15, 0.2) is 18.2 Å². The van der Waals surface area contributed by atoms with E-state index in [-0.39, 0.29) is 18.2 Å². The standard InChI is InChI=1S/C13H15N3O3/c14-6-3-10-9-11(16(18)19)1-2-13(10)15-7-4-12(17)5-8-15/h1-2,9,12,17H,3-5,7-8H2. The van der Waals surface area contributed by atoms with Crippen LogP contribution in [-0.2, 0) is 6.42 Å². The summed E-state index contributed by atoms with van der Waals surface area (Å²) >= 11 is 0. The van der Waals surface area contributed by atoms with E-state index in [1.54, 1.807) is 6.07 Å². The number of nitriles is 1. The molecule has 0 aromatic heterocycles. The summed E-state index contributed by atoms with van der Waals surface area (Å²) < 4.78 is 0. The van der Waals surface area contributed by atoms with Crippen molar-refractivity contribution in [2.45, 2.75) is 25.4 Å². The minimum absolute atomic E-state index is 0.00560. The molecule has 2 rings (SSSR count). The molecule has 0 radical (unpaired) electrons. The van der Waals surface area contributed by atoms with E-state index in [2.05, 4.69) is 4.90 Å². The molecule has 1 fully saturated rings. The van der Waals surface area contributed by atoms with Gasteiger partial charge in [0, 0.05) is 30.9 Å². The fourth-order valence-electron chi connectivity index (χ4n) is 2.33. The quantitative estimate of drug-likeness (QED) is 0.659. The van der Waals surface area contributed by atoms with Crippen LogP contribution in [0.1, 0.15) is 18.4 Å². The van der Waals surface area contributed by atoms with Crippen LogP contribution in [0.5, 0.6) is 0 Å². The highest BCUT2D eigenvalue weighted by atomic mass is 16.6. The van der Waals surface area contributed by atoms with Gasteiger partial charge in [0.15, 0.2) is 0 Å². The molecular formula is C13H15N3O3. The van der Waals surface area contributed by atoms with E-state index in [9.17, 15) is 15.2 Å². The third-order valence-electron chi connectivity index (χ3n) is 3.35. The fraction of sp³-hybridized carbons (Fsp3) is 0.462. The zero-order chi connectivity index (χ0) is 13.8. The second kappa shape index (κ2) is 5.67. The molecule has 1 aromatic rings. The largest absolute Gasteiger partial charge is 0.393 e. The first-order chi connectivity index (χ1) is 9.11. The maximum Gasteiger partial charge on any atom is 0.269 e. The Balaban J connectivity index is 2.29. The maximum atomic E-state index is 10.8. The third kappa shape index (κ3) is 3.01. The molecule has 6 nitrogen and oxygen atoms in total. The summed E-state index contributed by atoms with van der Waals surface area (Å²) in [6, 6.07) is 6.66. The summed E-state index contributed by atoms with van der Waals surface area (Å²) in [5, 5.41) is 29.1. The first-order valence-corrected chi connectivity index (χ1v) is 6.19. The van der Waals surface area contributed by atoms with Crippen LogP contribution in [0.2, 0.25) is 0 Å². The van der Waals surface area contributed by atoms with Crippen molar-refractivity contribution in [1.29, 1.82) is 5.26 Å². The van der Waals surface area contributed by atoms with E-state index in [0.29, 0.717) is 31.5 Å². The number of non-ortho nitro benzene ring substituents is 1. The van der Waals surface area contributed by atoms with E-state index >= 15 is 0 Å². The molecular weight excluding hydrogens is 246 g/mol. The van der Waals surface area contributed by atoms with Gasteiger partial charge in [-0.1, -0.05) is 0 Å². The molecule has 1 aliphatic heterocycles.